The van der Waals surface area contributed by atoms with Gasteiger partial charge in [0, 0.05) is 12.5 Å². The van der Waals surface area contributed by atoms with Gasteiger partial charge in [-0.3, -0.25) is 0 Å². The minimum atomic E-state index is 0.0695. The molecule has 2 rings (SSSR count). The lowest BCUT2D eigenvalue weighted by atomic mass is 10.2. The number of aromatic nitrogens is 2. The minimum Gasteiger partial charge on any atom is -0.507 e. The molecule has 18 heavy (non-hydrogen) atoms. The van der Waals surface area contributed by atoms with Crippen molar-refractivity contribution in [3.8, 4) is 23.0 Å². The maximum atomic E-state index is 9.85. The van der Waals surface area contributed by atoms with E-state index in [0.717, 1.165) is 19.3 Å². The average molecular weight is 248 g/mol. The Morgan fingerprint density at radius 1 is 1.39 bits per heavy atom. The van der Waals surface area contributed by atoms with E-state index in [1.165, 1.54) is 6.07 Å². The molecule has 1 aromatic carbocycles. The van der Waals surface area contributed by atoms with Crippen LogP contribution in [-0.2, 0) is 6.42 Å². The first kappa shape index (κ1) is 12.4. The second kappa shape index (κ2) is 5.53. The highest BCUT2D eigenvalue weighted by Crippen LogP contribution is 2.31. The van der Waals surface area contributed by atoms with E-state index < -0.39 is 0 Å². The van der Waals surface area contributed by atoms with Crippen LogP contribution in [0.25, 0.3) is 11.5 Å². The Bertz CT molecular complexity index is 523. The Labute approximate surface area is 105 Å². The van der Waals surface area contributed by atoms with Crippen molar-refractivity contribution in [3.63, 3.8) is 0 Å². The quantitative estimate of drug-likeness (QED) is 0.881. The average Bonchev–Trinajstić information content (AvgIpc) is 2.84. The number of ether oxygens (including phenoxy) is 1. The second-order valence-electron chi connectivity index (χ2n) is 4.00. The topological polar surface area (TPSA) is 68.4 Å². The number of unbranched alkanes of at least 4 members (excludes halogenated alkanes) is 1. The fraction of sp³-hybridized carbons (Fsp3) is 0.385. The molecule has 1 N–H and O–H groups in total. The molecule has 0 spiro atoms. The number of hydrogen-bond acceptors (Lipinski definition) is 5. The number of phenolic OH excluding ortho intramolecular Hbond substituents is 1. The summed E-state index contributed by atoms with van der Waals surface area (Å²) in [5.74, 6) is 1.66. The molecule has 2 aromatic rings. The van der Waals surface area contributed by atoms with Crippen LogP contribution in [0.2, 0.25) is 0 Å². The van der Waals surface area contributed by atoms with Crippen molar-refractivity contribution in [2.45, 2.75) is 26.2 Å². The van der Waals surface area contributed by atoms with Crippen LogP contribution in [0.1, 0.15) is 25.6 Å². The molecule has 0 aliphatic heterocycles. The van der Waals surface area contributed by atoms with Crippen LogP contribution in [-0.4, -0.2) is 22.4 Å². The first-order valence-corrected chi connectivity index (χ1v) is 5.94. The van der Waals surface area contributed by atoms with Gasteiger partial charge in [-0.05, 0) is 18.6 Å². The van der Waals surface area contributed by atoms with Crippen molar-refractivity contribution in [3.05, 3.63) is 24.0 Å². The van der Waals surface area contributed by atoms with Gasteiger partial charge in [-0.15, -0.1) is 0 Å². The van der Waals surface area contributed by atoms with Crippen molar-refractivity contribution in [1.82, 2.24) is 10.1 Å². The van der Waals surface area contributed by atoms with Gasteiger partial charge in [-0.1, -0.05) is 18.5 Å². The zero-order chi connectivity index (χ0) is 13.0. The normalized spacial score (nSPS) is 10.6. The number of rotatable bonds is 5. The summed E-state index contributed by atoms with van der Waals surface area (Å²) in [5, 5.41) is 13.7. The molecule has 0 saturated carbocycles. The molecule has 0 radical (unpaired) electrons. The summed E-state index contributed by atoms with van der Waals surface area (Å²) in [6.45, 7) is 2.11. The van der Waals surface area contributed by atoms with Crippen LogP contribution in [0.4, 0.5) is 0 Å². The molecular formula is C13H16N2O3. The van der Waals surface area contributed by atoms with Gasteiger partial charge in [0.2, 0.25) is 0 Å². The molecule has 0 saturated heterocycles. The van der Waals surface area contributed by atoms with Crippen molar-refractivity contribution >= 4 is 0 Å². The molecule has 0 bridgehead atoms. The van der Waals surface area contributed by atoms with Crippen LogP contribution in [0, 0.1) is 0 Å². The number of aryl methyl sites for hydroxylation is 1. The third-order valence-electron chi connectivity index (χ3n) is 2.66. The predicted octanol–water partition coefficient (Wildman–Crippen LogP) is 2.79. The summed E-state index contributed by atoms with van der Waals surface area (Å²) >= 11 is 0. The fourth-order valence-electron chi connectivity index (χ4n) is 1.62. The lowest BCUT2D eigenvalue weighted by Gasteiger charge is -2.02. The van der Waals surface area contributed by atoms with E-state index in [4.69, 9.17) is 9.26 Å². The summed E-state index contributed by atoms with van der Waals surface area (Å²) in [6.07, 6.45) is 2.89. The largest absolute Gasteiger partial charge is 0.507 e. The van der Waals surface area contributed by atoms with Crippen molar-refractivity contribution in [2.75, 3.05) is 7.11 Å². The lowest BCUT2D eigenvalue weighted by Crippen LogP contribution is -1.88. The highest BCUT2D eigenvalue weighted by atomic mass is 16.5. The monoisotopic (exact) mass is 248 g/mol. The number of methoxy groups -OCH3 is 1. The van der Waals surface area contributed by atoms with Crippen molar-refractivity contribution in [2.24, 2.45) is 0 Å². The molecule has 1 heterocycles. The van der Waals surface area contributed by atoms with Crippen LogP contribution in [0.15, 0.2) is 22.7 Å². The molecule has 0 unspecified atom stereocenters. The Morgan fingerprint density at radius 2 is 2.22 bits per heavy atom. The molecule has 0 aliphatic rings. The van der Waals surface area contributed by atoms with Gasteiger partial charge in [0.25, 0.3) is 5.89 Å². The van der Waals surface area contributed by atoms with Crippen molar-refractivity contribution < 1.29 is 14.4 Å². The van der Waals surface area contributed by atoms with Gasteiger partial charge in [-0.2, -0.15) is 4.98 Å². The van der Waals surface area contributed by atoms with E-state index >= 15 is 0 Å². The predicted molar refractivity (Wildman–Crippen MR) is 66.6 cm³/mol. The highest BCUT2D eigenvalue weighted by molar-refractivity contribution is 5.63. The first-order valence-electron chi connectivity index (χ1n) is 5.94. The van der Waals surface area contributed by atoms with E-state index in [1.807, 2.05) is 0 Å². The van der Waals surface area contributed by atoms with Gasteiger partial charge in [0.05, 0.1) is 12.7 Å². The second-order valence-corrected chi connectivity index (χ2v) is 4.00. The Balaban J connectivity index is 2.23. The Hall–Kier alpha value is -2.04. The van der Waals surface area contributed by atoms with E-state index in [1.54, 1.807) is 19.2 Å². The Morgan fingerprint density at radius 3 is 2.89 bits per heavy atom. The number of nitrogens with zero attached hydrogens (tertiary/aromatic N) is 2. The van der Waals surface area contributed by atoms with Gasteiger partial charge in [0.15, 0.2) is 5.82 Å². The summed E-state index contributed by atoms with van der Waals surface area (Å²) in [6, 6.07) is 4.96. The van der Waals surface area contributed by atoms with Crippen LogP contribution >= 0.6 is 0 Å². The van der Waals surface area contributed by atoms with Gasteiger partial charge < -0.3 is 14.4 Å². The third-order valence-corrected chi connectivity index (χ3v) is 2.66. The molecule has 5 nitrogen and oxygen atoms in total. The summed E-state index contributed by atoms with van der Waals surface area (Å²) in [5.41, 5.74) is 0.519. The maximum Gasteiger partial charge on any atom is 0.261 e. The summed E-state index contributed by atoms with van der Waals surface area (Å²) in [7, 11) is 1.55. The van der Waals surface area contributed by atoms with E-state index in [-0.39, 0.29) is 5.75 Å². The summed E-state index contributed by atoms with van der Waals surface area (Å²) < 4.78 is 10.2. The lowest BCUT2D eigenvalue weighted by molar-refractivity contribution is 0.404. The number of benzene rings is 1. The van der Waals surface area contributed by atoms with Crippen LogP contribution in [0.5, 0.6) is 11.5 Å². The molecule has 96 valence electrons. The first-order chi connectivity index (χ1) is 8.74. The fourth-order valence-corrected chi connectivity index (χ4v) is 1.62. The van der Waals surface area contributed by atoms with E-state index in [9.17, 15) is 5.11 Å². The van der Waals surface area contributed by atoms with Crippen LogP contribution in [0.3, 0.4) is 0 Å². The number of phenols is 1. The Kier molecular flexibility index (Phi) is 3.82. The summed E-state index contributed by atoms with van der Waals surface area (Å²) in [4.78, 5) is 4.26. The van der Waals surface area contributed by atoms with Gasteiger partial charge >= 0.3 is 0 Å². The zero-order valence-corrected chi connectivity index (χ0v) is 10.5. The maximum absolute atomic E-state index is 9.85. The number of hydrogen-bond donors (Lipinski definition) is 1. The minimum absolute atomic E-state index is 0.0695. The molecule has 1 aromatic heterocycles. The van der Waals surface area contributed by atoms with Gasteiger partial charge in [0.1, 0.15) is 11.5 Å². The molecule has 0 fully saturated rings. The smallest absolute Gasteiger partial charge is 0.261 e. The zero-order valence-electron chi connectivity index (χ0n) is 10.5. The molecule has 0 aliphatic carbocycles. The third kappa shape index (κ3) is 2.61. The van der Waals surface area contributed by atoms with E-state index in [0.29, 0.717) is 23.0 Å². The highest BCUT2D eigenvalue weighted by Gasteiger charge is 2.13. The molecule has 5 heteroatoms. The van der Waals surface area contributed by atoms with Crippen LogP contribution < -0.4 is 4.74 Å². The van der Waals surface area contributed by atoms with Crippen molar-refractivity contribution in [1.29, 1.82) is 0 Å². The molecule has 0 amide bonds. The number of aromatic hydroxyl groups is 1. The standard InChI is InChI=1S/C13H16N2O3/c1-3-4-5-12-14-13(18-15-12)10-7-6-9(17-2)8-11(10)16/h6-8,16H,3-5H2,1-2H3. The van der Waals surface area contributed by atoms with Gasteiger partial charge in [-0.25, -0.2) is 0 Å². The molecule has 0 atom stereocenters. The van der Waals surface area contributed by atoms with E-state index in [2.05, 4.69) is 17.1 Å². The molecular weight excluding hydrogens is 232 g/mol. The SMILES string of the molecule is CCCCc1noc(-c2ccc(OC)cc2O)n1.